The summed E-state index contributed by atoms with van der Waals surface area (Å²) in [4.78, 5) is 15.7. The zero-order valence-electron chi connectivity index (χ0n) is 11.8. The number of hydrogen-bond acceptors (Lipinski definition) is 4. The maximum Gasteiger partial charge on any atom is 0.160 e. The van der Waals surface area contributed by atoms with Gasteiger partial charge in [-0.05, 0) is 25.1 Å². The van der Waals surface area contributed by atoms with Crippen molar-refractivity contribution in [2.45, 2.75) is 6.92 Å². The lowest BCUT2D eigenvalue weighted by Gasteiger charge is -2.04. The van der Waals surface area contributed by atoms with Gasteiger partial charge in [0, 0.05) is 30.6 Å². The van der Waals surface area contributed by atoms with Crippen LogP contribution in [0.4, 0.5) is 0 Å². The zero-order chi connectivity index (χ0) is 14.8. The van der Waals surface area contributed by atoms with Crippen LogP contribution in [-0.4, -0.2) is 25.5 Å². The second-order valence-corrected chi connectivity index (χ2v) is 4.80. The molecule has 2 heterocycles. The Morgan fingerprint density at radius 2 is 1.86 bits per heavy atom. The molecule has 5 nitrogen and oxygen atoms in total. The zero-order valence-corrected chi connectivity index (χ0v) is 11.8. The predicted octanol–water partition coefficient (Wildman–Crippen LogP) is 2.75. The van der Waals surface area contributed by atoms with E-state index >= 15 is 0 Å². The van der Waals surface area contributed by atoms with Gasteiger partial charge in [0.1, 0.15) is 5.69 Å². The molecule has 104 valence electrons. The molecule has 0 fully saturated rings. The first-order chi connectivity index (χ1) is 10.1. The summed E-state index contributed by atoms with van der Waals surface area (Å²) >= 11 is 0. The molecule has 0 atom stereocenters. The van der Waals surface area contributed by atoms with Crippen molar-refractivity contribution in [2.24, 2.45) is 7.05 Å². The number of Topliss-reactive ketones (excluding diaryl/α,β-unsaturated/α-hetero) is 1. The maximum absolute atomic E-state index is 11.4. The van der Waals surface area contributed by atoms with Gasteiger partial charge in [0.15, 0.2) is 11.6 Å². The number of benzene rings is 1. The van der Waals surface area contributed by atoms with Crippen LogP contribution in [0.5, 0.6) is 0 Å². The first kappa shape index (κ1) is 13.2. The van der Waals surface area contributed by atoms with Gasteiger partial charge in [-0.1, -0.05) is 18.2 Å². The van der Waals surface area contributed by atoms with Crippen LogP contribution in [0.3, 0.4) is 0 Å². The van der Waals surface area contributed by atoms with E-state index in [1.54, 1.807) is 19.2 Å². The highest BCUT2D eigenvalue weighted by Crippen LogP contribution is 2.20. The molecule has 21 heavy (non-hydrogen) atoms. The highest BCUT2D eigenvalue weighted by molar-refractivity contribution is 5.95. The number of ketones is 1. The Morgan fingerprint density at radius 1 is 1.10 bits per heavy atom. The lowest BCUT2D eigenvalue weighted by Crippen LogP contribution is -1.97. The van der Waals surface area contributed by atoms with E-state index in [-0.39, 0.29) is 5.78 Å². The molecule has 5 heteroatoms. The van der Waals surface area contributed by atoms with Crippen molar-refractivity contribution in [3.8, 4) is 22.8 Å². The van der Waals surface area contributed by atoms with Crippen molar-refractivity contribution in [1.82, 2.24) is 19.7 Å². The number of rotatable bonds is 3. The largest absolute Gasteiger partial charge is 0.333 e. The number of carbonyl (C=O) groups is 1. The van der Waals surface area contributed by atoms with Gasteiger partial charge in [-0.15, -0.1) is 10.2 Å². The predicted molar refractivity (Wildman–Crippen MR) is 79.7 cm³/mol. The molecular formula is C16H14N4O. The van der Waals surface area contributed by atoms with Crippen LogP contribution in [0.15, 0.2) is 48.8 Å². The average molecular weight is 278 g/mol. The van der Waals surface area contributed by atoms with Gasteiger partial charge in [-0.25, -0.2) is 4.98 Å². The first-order valence-corrected chi connectivity index (χ1v) is 6.58. The van der Waals surface area contributed by atoms with Crippen molar-refractivity contribution in [1.29, 1.82) is 0 Å². The van der Waals surface area contributed by atoms with Crippen molar-refractivity contribution < 1.29 is 4.79 Å². The fraction of sp³-hybridized carbons (Fsp3) is 0.125. The summed E-state index contributed by atoms with van der Waals surface area (Å²) in [6.07, 6.45) is 3.59. The summed E-state index contributed by atoms with van der Waals surface area (Å²) in [7, 11) is 1.91. The first-order valence-electron chi connectivity index (χ1n) is 6.58. The van der Waals surface area contributed by atoms with Crippen LogP contribution in [0.25, 0.3) is 22.8 Å². The van der Waals surface area contributed by atoms with Gasteiger partial charge < -0.3 is 4.57 Å². The van der Waals surface area contributed by atoms with Crippen LogP contribution < -0.4 is 0 Å². The lowest BCUT2D eigenvalue weighted by molar-refractivity contribution is 0.101. The third-order valence-corrected chi connectivity index (χ3v) is 3.28. The molecule has 3 aromatic rings. The van der Waals surface area contributed by atoms with Crippen molar-refractivity contribution in [3.05, 3.63) is 54.4 Å². The van der Waals surface area contributed by atoms with E-state index in [2.05, 4.69) is 15.2 Å². The Balaban J connectivity index is 1.96. The van der Waals surface area contributed by atoms with Gasteiger partial charge in [0.25, 0.3) is 0 Å². The van der Waals surface area contributed by atoms with E-state index in [0.717, 1.165) is 17.1 Å². The second kappa shape index (κ2) is 5.28. The van der Waals surface area contributed by atoms with E-state index in [1.807, 2.05) is 48.1 Å². The fourth-order valence-corrected chi connectivity index (χ4v) is 2.12. The number of carbonyl (C=O) groups excluding carboxylic acids is 1. The minimum absolute atomic E-state index is 0.0365. The molecule has 0 unspecified atom stereocenters. The second-order valence-electron chi connectivity index (χ2n) is 4.80. The van der Waals surface area contributed by atoms with E-state index in [0.29, 0.717) is 11.3 Å². The third-order valence-electron chi connectivity index (χ3n) is 3.28. The van der Waals surface area contributed by atoms with E-state index in [9.17, 15) is 4.79 Å². The van der Waals surface area contributed by atoms with Crippen LogP contribution in [0.2, 0.25) is 0 Å². The molecule has 0 bridgehead atoms. The van der Waals surface area contributed by atoms with E-state index in [1.165, 1.54) is 0 Å². The Labute approximate surface area is 122 Å². The molecule has 0 aliphatic heterocycles. The smallest absolute Gasteiger partial charge is 0.160 e. The van der Waals surface area contributed by atoms with Crippen LogP contribution in [-0.2, 0) is 7.05 Å². The molecule has 0 amide bonds. The lowest BCUT2D eigenvalue weighted by atomic mass is 10.1. The van der Waals surface area contributed by atoms with E-state index < -0.39 is 0 Å². The van der Waals surface area contributed by atoms with E-state index in [4.69, 9.17) is 0 Å². The average Bonchev–Trinajstić information content (AvgIpc) is 2.94. The SMILES string of the molecule is CC(=O)c1cccc(-c2ccc(-c3nccn3C)nn2)c1. The van der Waals surface area contributed by atoms with Gasteiger partial charge >= 0.3 is 0 Å². The van der Waals surface area contributed by atoms with Crippen molar-refractivity contribution >= 4 is 5.78 Å². The van der Waals surface area contributed by atoms with Crippen molar-refractivity contribution in [3.63, 3.8) is 0 Å². The third kappa shape index (κ3) is 2.58. The van der Waals surface area contributed by atoms with Gasteiger partial charge in [-0.3, -0.25) is 4.79 Å². The molecule has 0 saturated carbocycles. The number of hydrogen-bond donors (Lipinski definition) is 0. The molecule has 2 aromatic heterocycles. The minimum Gasteiger partial charge on any atom is -0.333 e. The molecule has 1 aromatic carbocycles. The molecule has 0 radical (unpaired) electrons. The number of aryl methyl sites for hydroxylation is 1. The van der Waals surface area contributed by atoms with Gasteiger partial charge in [0.05, 0.1) is 5.69 Å². The topological polar surface area (TPSA) is 60.7 Å². The van der Waals surface area contributed by atoms with Gasteiger partial charge in [0.2, 0.25) is 0 Å². The van der Waals surface area contributed by atoms with Crippen molar-refractivity contribution in [2.75, 3.05) is 0 Å². The van der Waals surface area contributed by atoms with Gasteiger partial charge in [-0.2, -0.15) is 0 Å². The Kier molecular flexibility index (Phi) is 3.31. The van der Waals surface area contributed by atoms with Crippen LogP contribution in [0.1, 0.15) is 17.3 Å². The molecule has 0 spiro atoms. The number of imidazole rings is 1. The summed E-state index contributed by atoms with van der Waals surface area (Å²) in [5.74, 6) is 0.806. The Hall–Kier alpha value is -2.82. The summed E-state index contributed by atoms with van der Waals surface area (Å²) in [5, 5.41) is 8.45. The standard InChI is InChI=1S/C16H14N4O/c1-11(21)12-4-3-5-13(10-12)14-6-7-15(19-18-14)16-17-8-9-20(16)2/h3-10H,1-2H3. The van der Waals surface area contributed by atoms with Crippen LogP contribution >= 0.6 is 0 Å². The highest BCUT2D eigenvalue weighted by Gasteiger charge is 2.08. The monoisotopic (exact) mass is 278 g/mol. The molecule has 0 aliphatic rings. The number of nitrogens with zero attached hydrogens (tertiary/aromatic N) is 4. The quantitative estimate of drug-likeness (QED) is 0.691. The minimum atomic E-state index is 0.0365. The summed E-state index contributed by atoms with van der Waals surface area (Å²) in [5.41, 5.74) is 2.99. The highest BCUT2D eigenvalue weighted by atomic mass is 16.1. The molecule has 0 aliphatic carbocycles. The van der Waals surface area contributed by atoms with Crippen LogP contribution in [0, 0.1) is 0 Å². The summed E-state index contributed by atoms with van der Waals surface area (Å²) in [6.45, 7) is 1.55. The maximum atomic E-state index is 11.4. The Morgan fingerprint density at radius 3 is 2.48 bits per heavy atom. The molecule has 0 saturated heterocycles. The summed E-state index contributed by atoms with van der Waals surface area (Å²) in [6, 6.07) is 11.1. The normalized spacial score (nSPS) is 10.6. The Bertz CT molecular complexity index is 790. The number of aromatic nitrogens is 4. The molecule has 3 rings (SSSR count). The summed E-state index contributed by atoms with van der Waals surface area (Å²) < 4.78 is 1.89. The molecule has 0 N–H and O–H groups in total. The molecular weight excluding hydrogens is 264 g/mol. The fourth-order valence-electron chi connectivity index (χ4n) is 2.12.